The van der Waals surface area contributed by atoms with Crippen LogP contribution in [0.1, 0.15) is 25.8 Å². The first-order valence-corrected chi connectivity index (χ1v) is 10.0. The highest BCUT2D eigenvalue weighted by Gasteiger charge is 2.28. The first kappa shape index (κ1) is 19.9. The van der Waals surface area contributed by atoms with Gasteiger partial charge in [0.05, 0.1) is 17.4 Å². The van der Waals surface area contributed by atoms with Gasteiger partial charge in [0.2, 0.25) is 17.7 Å². The van der Waals surface area contributed by atoms with E-state index in [1.54, 1.807) is 12.1 Å². The predicted octanol–water partition coefficient (Wildman–Crippen LogP) is 3.20. The zero-order valence-electron chi connectivity index (χ0n) is 15.8. The molecular weight excluding hydrogens is 374 g/mol. The molecule has 28 heavy (non-hydrogen) atoms. The summed E-state index contributed by atoms with van der Waals surface area (Å²) in [6.07, 6.45) is 0.383. The van der Waals surface area contributed by atoms with Crippen molar-refractivity contribution >= 4 is 40.9 Å². The monoisotopic (exact) mass is 397 g/mol. The van der Waals surface area contributed by atoms with Crippen molar-refractivity contribution in [3.05, 3.63) is 54.1 Å². The Morgan fingerprint density at radius 2 is 1.79 bits per heavy atom. The quantitative estimate of drug-likeness (QED) is 0.699. The van der Waals surface area contributed by atoms with Gasteiger partial charge in [-0.3, -0.25) is 14.4 Å². The van der Waals surface area contributed by atoms with Crippen LogP contribution < -0.4 is 16.0 Å². The van der Waals surface area contributed by atoms with Crippen LogP contribution in [0.2, 0.25) is 0 Å². The highest BCUT2D eigenvalue weighted by atomic mass is 32.2. The van der Waals surface area contributed by atoms with Crippen molar-refractivity contribution in [1.29, 1.82) is 0 Å². The number of hydrogen-bond acceptors (Lipinski definition) is 4. The highest BCUT2D eigenvalue weighted by molar-refractivity contribution is 8.01. The van der Waals surface area contributed by atoms with Gasteiger partial charge >= 0.3 is 0 Å². The number of benzene rings is 2. The molecule has 7 heteroatoms. The van der Waals surface area contributed by atoms with Gasteiger partial charge in [0.1, 0.15) is 0 Å². The second-order valence-corrected chi connectivity index (χ2v) is 8.18. The van der Waals surface area contributed by atoms with Crippen LogP contribution in [0, 0.1) is 0 Å². The molecule has 2 aromatic carbocycles. The van der Waals surface area contributed by atoms with Gasteiger partial charge in [0, 0.05) is 23.0 Å². The molecular formula is C21H23N3O3S. The second-order valence-electron chi connectivity index (χ2n) is 6.94. The summed E-state index contributed by atoms with van der Waals surface area (Å²) >= 11 is 1.40. The minimum absolute atomic E-state index is 0.0348. The first-order chi connectivity index (χ1) is 13.4. The van der Waals surface area contributed by atoms with Crippen LogP contribution in [0.4, 0.5) is 11.4 Å². The van der Waals surface area contributed by atoms with Crippen LogP contribution >= 0.6 is 11.8 Å². The highest BCUT2D eigenvalue weighted by Crippen LogP contribution is 2.36. The Labute approximate surface area is 168 Å². The van der Waals surface area contributed by atoms with Gasteiger partial charge < -0.3 is 16.0 Å². The molecule has 146 valence electrons. The number of fused-ring (bicyclic) bond motifs is 1. The van der Waals surface area contributed by atoms with Gasteiger partial charge in [-0.1, -0.05) is 24.3 Å². The van der Waals surface area contributed by atoms with E-state index < -0.39 is 5.25 Å². The number of carbonyl (C=O) groups excluding carboxylic acids is 3. The second kappa shape index (κ2) is 8.93. The number of carbonyl (C=O) groups is 3. The number of para-hydroxylation sites is 1. The van der Waals surface area contributed by atoms with Gasteiger partial charge in [-0.05, 0) is 43.7 Å². The van der Waals surface area contributed by atoms with Crippen molar-refractivity contribution in [2.24, 2.45) is 0 Å². The maximum Gasteiger partial charge on any atom is 0.238 e. The van der Waals surface area contributed by atoms with Crippen molar-refractivity contribution in [2.45, 2.75) is 42.9 Å². The summed E-state index contributed by atoms with van der Waals surface area (Å²) in [5, 5.41) is 8.04. The summed E-state index contributed by atoms with van der Waals surface area (Å²) in [5.74, 6) is -0.421. The van der Waals surface area contributed by atoms with E-state index in [1.807, 2.05) is 50.2 Å². The van der Waals surface area contributed by atoms with Crippen LogP contribution in [0.3, 0.4) is 0 Å². The zero-order valence-corrected chi connectivity index (χ0v) is 16.6. The summed E-state index contributed by atoms with van der Waals surface area (Å²) in [7, 11) is 0. The standard InChI is InChI=1S/C21H23N3O3S/c1-13(2)22-19(25)11-14-7-9-15(10-8-14)23-20(26)12-18-21(27)24-16-5-3-4-6-17(16)28-18/h3-10,13,18H,11-12H2,1-2H3,(H,22,25)(H,23,26)(H,24,27). The molecule has 0 saturated heterocycles. The Kier molecular flexibility index (Phi) is 6.36. The lowest BCUT2D eigenvalue weighted by atomic mass is 10.1. The Hall–Kier alpha value is -2.80. The lowest BCUT2D eigenvalue weighted by Crippen LogP contribution is -2.32. The third kappa shape index (κ3) is 5.36. The summed E-state index contributed by atoms with van der Waals surface area (Å²) in [4.78, 5) is 37.3. The van der Waals surface area contributed by atoms with Crippen LogP contribution in [0.5, 0.6) is 0 Å². The van der Waals surface area contributed by atoms with Crippen LogP contribution in [-0.2, 0) is 20.8 Å². The lowest BCUT2D eigenvalue weighted by Gasteiger charge is -2.23. The van der Waals surface area contributed by atoms with E-state index in [0.29, 0.717) is 12.1 Å². The largest absolute Gasteiger partial charge is 0.354 e. The zero-order chi connectivity index (χ0) is 20.1. The minimum Gasteiger partial charge on any atom is -0.354 e. The van der Waals surface area contributed by atoms with E-state index >= 15 is 0 Å². The molecule has 0 radical (unpaired) electrons. The number of amides is 3. The summed E-state index contributed by atoms with van der Waals surface area (Å²) in [6.45, 7) is 3.83. The van der Waals surface area contributed by atoms with Crippen molar-refractivity contribution in [2.75, 3.05) is 10.6 Å². The molecule has 1 unspecified atom stereocenters. The molecule has 3 amide bonds. The Morgan fingerprint density at radius 1 is 1.07 bits per heavy atom. The predicted molar refractivity (Wildman–Crippen MR) is 111 cm³/mol. The van der Waals surface area contributed by atoms with Crippen LogP contribution in [-0.4, -0.2) is 29.0 Å². The van der Waals surface area contributed by atoms with E-state index in [1.165, 1.54) is 11.8 Å². The molecule has 0 saturated carbocycles. The Bertz CT molecular complexity index is 881. The van der Waals surface area contributed by atoms with E-state index in [0.717, 1.165) is 16.1 Å². The fourth-order valence-electron chi connectivity index (χ4n) is 2.87. The Morgan fingerprint density at radius 3 is 2.50 bits per heavy atom. The van der Waals surface area contributed by atoms with Crippen molar-refractivity contribution in [3.63, 3.8) is 0 Å². The molecule has 2 aromatic rings. The molecule has 1 aliphatic rings. The average molecular weight is 398 g/mol. The number of nitrogens with one attached hydrogen (secondary N) is 3. The average Bonchev–Trinajstić information content (AvgIpc) is 2.63. The molecule has 0 aliphatic carbocycles. The van der Waals surface area contributed by atoms with Gasteiger partial charge in [-0.15, -0.1) is 11.8 Å². The molecule has 3 N–H and O–H groups in total. The molecule has 0 spiro atoms. The van der Waals surface area contributed by atoms with Gasteiger partial charge in [-0.2, -0.15) is 0 Å². The van der Waals surface area contributed by atoms with E-state index in [9.17, 15) is 14.4 Å². The molecule has 1 atom stereocenters. The summed E-state index contributed by atoms with van der Waals surface area (Å²) in [5.41, 5.74) is 2.29. The topological polar surface area (TPSA) is 87.3 Å². The van der Waals surface area contributed by atoms with Crippen LogP contribution in [0.15, 0.2) is 53.4 Å². The third-order valence-corrected chi connectivity index (χ3v) is 5.40. The fraction of sp³-hybridized carbons (Fsp3) is 0.286. The lowest BCUT2D eigenvalue weighted by molar-refractivity contribution is -0.121. The first-order valence-electron chi connectivity index (χ1n) is 9.15. The smallest absolute Gasteiger partial charge is 0.238 e. The van der Waals surface area contributed by atoms with E-state index in [4.69, 9.17) is 0 Å². The van der Waals surface area contributed by atoms with Crippen molar-refractivity contribution in [1.82, 2.24) is 5.32 Å². The summed E-state index contributed by atoms with van der Waals surface area (Å²) < 4.78 is 0. The number of rotatable bonds is 6. The molecule has 0 aromatic heterocycles. The molecule has 1 heterocycles. The normalized spacial score (nSPS) is 15.5. The number of anilines is 2. The molecule has 1 aliphatic heterocycles. The molecule has 0 bridgehead atoms. The molecule has 6 nitrogen and oxygen atoms in total. The third-order valence-electron chi connectivity index (χ3n) is 4.13. The summed E-state index contributed by atoms with van der Waals surface area (Å²) in [6, 6.07) is 14.8. The fourth-order valence-corrected chi connectivity index (χ4v) is 3.98. The van der Waals surface area contributed by atoms with Gasteiger partial charge in [0.25, 0.3) is 0 Å². The van der Waals surface area contributed by atoms with Crippen molar-refractivity contribution in [3.8, 4) is 0 Å². The van der Waals surface area contributed by atoms with Crippen LogP contribution in [0.25, 0.3) is 0 Å². The van der Waals surface area contributed by atoms with E-state index in [2.05, 4.69) is 16.0 Å². The SMILES string of the molecule is CC(C)NC(=O)Cc1ccc(NC(=O)CC2Sc3ccccc3NC2=O)cc1. The number of hydrogen-bond donors (Lipinski definition) is 3. The maximum atomic E-state index is 12.4. The van der Waals surface area contributed by atoms with Crippen molar-refractivity contribution < 1.29 is 14.4 Å². The maximum absolute atomic E-state index is 12.4. The molecule has 3 rings (SSSR count). The minimum atomic E-state index is -0.464. The van der Waals surface area contributed by atoms with Gasteiger partial charge in [-0.25, -0.2) is 0 Å². The van der Waals surface area contributed by atoms with Gasteiger partial charge in [0.15, 0.2) is 0 Å². The van der Waals surface area contributed by atoms with E-state index in [-0.39, 0.29) is 30.2 Å². The number of thioether (sulfide) groups is 1. The Balaban J connectivity index is 1.54. The molecule has 0 fully saturated rings.